The number of nitrogens with one attached hydrogen (secondary N) is 1. The number of amides is 1. The molecule has 6 heteroatoms. The number of hydrogen-bond donors (Lipinski definition) is 1. The minimum atomic E-state index is -0.290. The lowest BCUT2D eigenvalue weighted by atomic mass is 10.1. The highest BCUT2D eigenvalue weighted by Gasteiger charge is 2.24. The lowest BCUT2D eigenvalue weighted by Gasteiger charge is -2.17. The summed E-state index contributed by atoms with van der Waals surface area (Å²) in [7, 11) is 0. The second-order valence-corrected chi connectivity index (χ2v) is 5.16. The van der Waals surface area contributed by atoms with Crippen molar-refractivity contribution in [1.82, 2.24) is 20.1 Å². The Morgan fingerprint density at radius 1 is 1.43 bits per heavy atom. The van der Waals surface area contributed by atoms with Crippen molar-refractivity contribution in [2.45, 2.75) is 31.9 Å². The third-order valence-electron chi connectivity index (χ3n) is 3.66. The molecule has 0 spiro atoms. The van der Waals surface area contributed by atoms with Crippen LogP contribution in [-0.4, -0.2) is 33.4 Å². The highest BCUT2D eigenvalue weighted by molar-refractivity contribution is 5.81. The summed E-state index contributed by atoms with van der Waals surface area (Å²) in [6, 6.07) is 7.83. The van der Waals surface area contributed by atoms with Gasteiger partial charge in [-0.15, -0.1) is 0 Å². The second kappa shape index (κ2) is 6.05. The Kier molecular flexibility index (Phi) is 3.96. The molecule has 1 aromatic heterocycles. The van der Waals surface area contributed by atoms with Crippen molar-refractivity contribution in [2.75, 3.05) is 6.61 Å². The lowest BCUT2D eigenvalue weighted by Crippen LogP contribution is -2.35. The van der Waals surface area contributed by atoms with E-state index in [4.69, 9.17) is 4.74 Å². The van der Waals surface area contributed by atoms with E-state index in [1.807, 2.05) is 31.2 Å². The summed E-state index contributed by atoms with van der Waals surface area (Å²) in [6.07, 6.45) is 4.63. The first-order valence-corrected chi connectivity index (χ1v) is 7.11. The van der Waals surface area contributed by atoms with Gasteiger partial charge in [0.1, 0.15) is 18.8 Å². The van der Waals surface area contributed by atoms with E-state index >= 15 is 0 Å². The van der Waals surface area contributed by atoms with Gasteiger partial charge in [-0.2, -0.15) is 5.10 Å². The fraction of sp³-hybridized carbons (Fsp3) is 0.400. The van der Waals surface area contributed by atoms with Crippen molar-refractivity contribution in [3.8, 4) is 5.69 Å². The van der Waals surface area contributed by atoms with E-state index in [2.05, 4.69) is 15.4 Å². The van der Waals surface area contributed by atoms with Crippen molar-refractivity contribution in [3.05, 3.63) is 42.5 Å². The van der Waals surface area contributed by atoms with Crippen molar-refractivity contribution in [3.63, 3.8) is 0 Å². The van der Waals surface area contributed by atoms with Crippen LogP contribution in [0.5, 0.6) is 0 Å². The SMILES string of the molecule is C[C@@H](NC(=O)[C@@H]1CCCO1)c1ccc(-n2cncn2)cc1. The number of benzene rings is 1. The van der Waals surface area contributed by atoms with E-state index in [1.54, 1.807) is 11.0 Å². The molecule has 0 aliphatic carbocycles. The van der Waals surface area contributed by atoms with Crippen LogP contribution in [0.1, 0.15) is 31.4 Å². The van der Waals surface area contributed by atoms with E-state index in [9.17, 15) is 4.79 Å². The van der Waals surface area contributed by atoms with Crippen LogP contribution < -0.4 is 5.32 Å². The molecule has 2 heterocycles. The first-order chi connectivity index (χ1) is 10.2. The number of carbonyl (C=O) groups is 1. The maximum Gasteiger partial charge on any atom is 0.249 e. The van der Waals surface area contributed by atoms with Crippen molar-refractivity contribution < 1.29 is 9.53 Å². The summed E-state index contributed by atoms with van der Waals surface area (Å²) in [5, 5.41) is 7.07. The zero-order valence-electron chi connectivity index (χ0n) is 11.9. The molecule has 1 aromatic carbocycles. The van der Waals surface area contributed by atoms with Crippen molar-refractivity contribution in [1.29, 1.82) is 0 Å². The minimum Gasteiger partial charge on any atom is -0.368 e. The first kappa shape index (κ1) is 13.8. The molecule has 0 unspecified atom stereocenters. The van der Waals surface area contributed by atoms with Gasteiger partial charge in [0.05, 0.1) is 11.7 Å². The molecule has 0 bridgehead atoms. The van der Waals surface area contributed by atoms with Crippen LogP contribution in [0.3, 0.4) is 0 Å². The number of carbonyl (C=O) groups excluding carboxylic acids is 1. The molecule has 2 atom stereocenters. The summed E-state index contributed by atoms with van der Waals surface area (Å²) in [5.74, 6) is -0.0275. The van der Waals surface area contributed by atoms with Gasteiger partial charge in [0, 0.05) is 6.61 Å². The van der Waals surface area contributed by atoms with Crippen LogP contribution in [0.25, 0.3) is 5.69 Å². The number of nitrogens with zero attached hydrogens (tertiary/aromatic N) is 3. The molecule has 1 fully saturated rings. The molecule has 1 aliphatic rings. The Bertz CT molecular complexity index is 589. The maximum atomic E-state index is 12.0. The molecular weight excluding hydrogens is 268 g/mol. The number of aromatic nitrogens is 3. The molecule has 2 aromatic rings. The van der Waals surface area contributed by atoms with Crippen LogP contribution in [-0.2, 0) is 9.53 Å². The molecule has 0 saturated carbocycles. The third kappa shape index (κ3) is 3.11. The summed E-state index contributed by atoms with van der Waals surface area (Å²) >= 11 is 0. The fourth-order valence-electron chi connectivity index (χ4n) is 2.43. The Hall–Kier alpha value is -2.21. The first-order valence-electron chi connectivity index (χ1n) is 7.11. The van der Waals surface area contributed by atoms with Gasteiger partial charge < -0.3 is 10.1 Å². The van der Waals surface area contributed by atoms with Crippen LogP contribution in [0.2, 0.25) is 0 Å². The normalized spacial score (nSPS) is 19.4. The Labute approximate surface area is 123 Å². The molecule has 110 valence electrons. The summed E-state index contributed by atoms with van der Waals surface area (Å²) in [5.41, 5.74) is 1.99. The fourth-order valence-corrected chi connectivity index (χ4v) is 2.43. The van der Waals surface area contributed by atoms with Crippen molar-refractivity contribution in [2.24, 2.45) is 0 Å². The molecule has 1 amide bonds. The molecule has 0 radical (unpaired) electrons. The van der Waals surface area contributed by atoms with Gasteiger partial charge in [-0.25, -0.2) is 9.67 Å². The van der Waals surface area contributed by atoms with Gasteiger partial charge in [0.25, 0.3) is 0 Å². The van der Waals surface area contributed by atoms with Crippen molar-refractivity contribution >= 4 is 5.91 Å². The Balaban J connectivity index is 1.64. The van der Waals surface area contributed by atoms with E-state index in [-0.39, 0.29) is 18.1 Å². The van der Waals surface area contributed by atoms with E-state index in [0.29, 0.717) is 6.61 Å². The predicted octanol–water partition coefficient (Wildman–Crippen LogP) is 1.62. The molecule has 1 saturated heterocycles. The van der Waals surface area contributed by atoms with Gasteiger partial charge in [-0.3, -0.25) is 4.79 Å². The predicted molar refractivity (Wildman–Crippen MR) is 76.9 cm³/mol. The quantitative estimate of drug-likeness (QED) is 0.927. The zero-order chi connectivity index (χ0) is 14.7. The van der Waals surface area contributed by atoms with Crippen LogP contribution in [0, 0.1) is 0 Å². The highest BCUT2D eigenvalue weighted by atomic mass is 16.5. The number of hydrogen-bond acceptors (Lipinski definition) is 4. The number of ether oxygens (including phenoxy) is 1. The van der Waals surface area contributed by atoms with Gasteiger partial charge >= 0.3 is 0 Å². The lowest BCUT2D eigenvalue weighted by molar-refractivity contribution is -0.130. The molecule has 1 N–H and O–H groups in total. The zero-order valence-corrected chi connectivity index (χ0v) is 11.9. The smallest absolute Gasteiger partial charge is 0.249 e. The van der Waals surface area contributed by atoms with Gasteiger partial charge in [0.15, 0.2) is 0 Å². The molecule has 21 heavy (non-hydrogen) atoms. The highest BCUT2D eigenvalue weighted by Crippen LogP contribution is 2.17. The molecule has 6 nitrogen and oxygen atoms in total. The van der Waals surface area contributed by atoms with Crippen LogP contribution >= 0.6 is 0 Å². The Morgan fingerprint density at radius 3 is 2.86 bits per heavy atom. The largest absolute Gasteiger partial charge is 0.368 e. The molecule has 3 rings (SSSR count). The van der Waals surface area contributed by atoms with Gasteiger partial charge in [-0.1, -0.05) is 12.1 Å². The van der Waals surface area contributed by atoms with E-state index in [0.717, 1.165) is 24.1 Å². The van der Waals surface area contributed by atoms with E-state index < -0.39 is 0 Å². The average molecular weight is 286 g/mol. The van der Waals surface area contributed by atoms with Gasteiger partial charge in [-0.05, 0) is 37.5 Å². The Morgan fingerprint density at radius 2 is 2.24 bits per heavy atom. The third-order valence-corrected chi connectivity index (χ3v) is 3.66. The van der Waals surface area contributed by atoms with Crippen LogP contribution in [0.4, 0.5) is 0 Å². The maximum absolute atomic E-state index is 12.0. The van der Waals surface area contributed by atoms with E-state index in [1.165, 1.54) is 6.33 Å². The van der Waals surface area contributed by atoms with Gasteiger partial charge in [0.2, 0.25) is 5.91 Å². The standard InChI is InChI=1S/C15H18N4O2/c1-11(18-15(20)14-3-2-8-21-14)12-4-6-13(7-5-12)19-10-16-9-17-19/h4-7,9-11,14H,2-3,8H2,1H3,(H,18,20)/t11-,14+/m1/s1. The summed E-state index contributed by atoms with van der Waals surface area (Å²) < 4.78 is 7.08. The number of rotatable bonds is 4. The summed E-state index contributed by atoms with van der Waals surface area (Å²) in [6.45, 7) is 2.65. The van der Waals surface area contributed by atoms with Crippen LogP contribution in [0.15, 0.2) is 36.9 Å². The monoisotopic (exact) mass is 286 g/mol. The second-order valence-electron chi connectivity index (χ2n) is 5.16. The molecular formula is C15H18N4O2. The minimum absolute atomic E-state index is 0.0275. The summed E-state index contributed by atoms with van der Waals surface area (Å²) in [4.78, 5) is 15.9. The average Bonchev–Trinajstić information content (AvgIpc) is 3.20. The molecule has 1 aliphatic heterocycles. The topological polar surface area (TPSA) is 69.0 Å².